The Morgan fingerprint density at radius 1 is 0.975 bits per heavy atom. The zero-order valence-electron chi connectivity index (χ0n) is 24.5. The second-order valence-corrected chi connectivity index (χ2v) is 17.3. The van der Waals surface area contributed by atoms with Gasteiger partial charge in [0, 0.05) is 18.0 Å². The van der Waals surface area contributed by atoms with E-state index >= 15 is 0 Å². The lowest BCUT2D eigenvalue weighted by Gasteiger charge is -2.41. The predicted molar refractivity (Wildman–Crippen MR) is 157 cm³/mol. The van der Waals surface area contributed by atoms with E-state index in [-0.39, 0.29) is 35.0 Å². The van der Waals surface area contributed by atoms with Crippen molar-refractivity contribution in [3.05, 3.63) is 75.6 Å². The number of amides is 1. The third kappa shape index (κ3) is 7.51. The average Bonchev–Trinajstić information content (AvgIpc) is 2.82. The van der Waals surface area contributed by atoms with Crippen LogP contribution in [0.1, 0.15) is 69.1 Å². The third-order valence-electron chi connectivity index (χ3n) is 7.11. The first-order valence-electron chi connectivity index (χ1n) is 13.2. The van der Waals surface area contributed by atoms with Crippen molar-refractivity contribution in [2.24, 2.45) is 0 Å². The van der Waals surface area contributed by atoms with Gasteiger partial charge >= 0.3 is 12.1 Å². The van der Waals surface area contributed by atoms with Crippen molar-refractivity contribution < 1.29 is 29.0 Å². The molecule has 0 saturated carbocycles. The molecule has 9 nitrogen and oxygen atoms in total. The molecule has 1 unspecified atom stereocenters. The molecule has 1 heterocycles. The van der Waals surface area contributed by atoms with Gasteiger partial charge in [-0.1, -0.05) is 39.0 Å². The fraction of sp³-hybridized carbons (Fsp3) is 0.433. The first-order valence-corrected chi connectivity index (χ1v) is 16.1. The maximum atomic E-state index is 13.5. The van der Waals surface area contributed by atoms with Gasteiger partial charge in [-0.2, -0.15) is 0 Å². The Labute approximate surface area is 235 Å². The molecule has 2 aromatic carbocycles. The van der Waals surface area contributed by atoms with E-state index in [4.69, 9.17) is 9.16 Å². The quantitative estimate of drug-likeness (QED) is 0.267. The van der Waals surface area contributed by atoms with Crippen LogP contribution in [0.15, 0.2) is 53.3 Å². The van der Waals surface area contributed by atoms with Crippen molar-refractivity contribution in [2.75, 3.05) is 6.54 Å². The number of fused-ring (bicyclic) bond motifs is 1. The number of aromatic carboxylic acids is 1. The first-order chi connectivity index (χ1) is 18.4. The lowest BCUT2D eigenvalue weighted by Crippen LogP contribution is -2.45. The summed E-state index contributed by atoms with van der Waals surface area (Å²) in [6.07, 6.45) is -1.17. The molecule has 1 atom stereocenters. The summed E-state index contributed by atoms with van der Waals surface area (Å²) < 4.78 is 12.7. The molecular formula is C30H40N2O7Si. The summed E-state index contributed by atoms with van der Waals surface area (Å²) in [4.78, 5) is 41.1. The van der Waals surface area contributed by atoms with Gasteiger partial charge in [-0.05, 0) is 74.3 Å². The number of carboxylic acids is 1. The SMILES string of the molecule is CC(C)(C)OC(=O)N(Cc1ccc(C(=O)O)cc1)CC(O[Si](C)(C)C(C)(C)C)c1ccc(O)c2[nH]c(=O)ccc12. The summed E-state index contributed by atoms with van der Waals surface area (Å²) in [5.41, 5.74) is 0.786. The summed E-state index contributed by atoms with van der Waals surface area (Å²) in [6.45, 7) is 16.2. The Hall–Kier alpha value is -3.63. The Bertz CT molecular complexity index is 1430. The van der Waals surface area contributed by atoms with Crippen LogP contribution < -0.4 is 5.56 Å². The largest absolute Gasteiger partial charge is 0.506 e. The summed E-state index contributed by atoms with van der Waals surface area (Å²) in [6, 6.07) is 12.6. The molecule has 3 rings (SSSR count). The number of H-pyrrole nitrogens is 1. The molecule has 0 radical (unpaired) electrons. The summed E-state index contributed by atoms with van der Waals surface area (Å²) in [5, 5.41) is 20.2. The van der Waals surface area contributed by atoms with E-state index in [0.717, 1.165) is 5.56 Å². The van der Waals surface area contributed by atoms with Gasteiger partial charge in [0.15, 0.2) is 8.32 Å². The van der Waals surface area contributed by atoms with Gasteiger partial charge in [-0.15, -0.1) is 0 Å². The Kier molecular flexibility index (Phi) is 8.86. The molecule has 3 N–H and O–H groups in total. The highest BCUT2D eigenvalue weighted by atomic mass is 28.4. The maximum absolute atomic E-state index is 13.5. The topological polar surface area (TPSA) is 129 Å². The number of aromatic amines is 1. The van der Waals surface area contributed by atoms with Gasteiger partial charge in [0.2, 0.25) is 5.56 Å². The number of benzene rings is 2. The highest BCUT2D eigenvalue weighted by Gasteiger charge is 2.41. The van der Waals surface area contributed by atoms with Crippen LogP contribution in [-0.2, 0) is 15.7 Å². The third-order valence-corrected chi connectivity index (χ3v) is 11.6. The summed E-state index contributed by atoms with van der Waals surface area (Å²) in [7, 11) is -2.40. The van der Waals surface area contributed by atoms with Crippen LogP contribution >= 0.6 is 0 Å². The van der Waals surface area contributed by atoms with E-state index < -0.39 is 32.1 Å². The Morgan fingerprint density at radius 3 is 2.15 bits per heavy atom. The molecule has 0 spiro atoms. The molecule has 0 saturated heterocycles. The molecule has 216 valence electrons. The van der Waals surface area contributed by atoms with Crippen LogP contribution in [0, 0.1) is 0 Å². The van der Waals surface area contributed by atoms with E-state index in [1.807, 2.05) is 0 Å². The van der Waals surface area contributed by atoms with Gasteiger partial charge < -0.3 is 29.3 Å². The van der Waals surface area contributed by atoms with Gasteiger partial charge in [0.1, 0.15) is 11.4 Å². The number of ether oxygens (including phenoxy) is 1. The molecule has 1 amide bonds. The van der Waals surface area contributed by atoms with E-state index in [1.165, 1.54) is 24.3 Å². The highest BCUT2D eigenvalue weighted by Crippen LogP contribution is 2.41. The first kappa shape index (κ1) is 30.9. The molecular weight excluding hydrogens is 528 g/mol. The minimum Gasteiger partial charge on any atom is -0.506 e. The lowest BCUT2D eigenvalue weighted by atomic mass is 10.0. The maximum Gasteiger partial charge on any atom is 0.410 e. The monoisotopic (exact) mass is 568 g/mol. The number of phenols is 1. The van der Waals surface area contributed by atoms with Crippen LogP contribution in [0.25, 0.3) is 10.9 Å². The van der Waals surface area contributed by atoms with E-state index in [1.54, 1.807) is 49.9 Å². The number of aromatic hydroxyl groups is 1. The van der Waals surface area contributed by atoms with Crippen molar-refractivity contribution >= 4 is 31.3 Å². The van der Waals surface area contributed by atoms with Gasteiger partial charge in [0.05, 0.1) is 23.7 Å². The van der Waals surface area contributed by atoms with Crippen molar-refractivity contribution in [2.45, 2.75) is 77.9 Å². The summed E-state index contributed by atoms with van der Waals surface area (Å²) in [5.74, 6) is -1.10. The summed E-state index contributed by atoms with van der Waals surface area (Å²) >= 11 is 0. The van der Waals surface area contributed by atoms with Gasteiger partial charge in [-0.3, -0.25) is 4.79 Å². The molecule has 0 fully saturated rings. The number of nitrogens with zero attached hydrogens (tertiary/aromatic N) is 1. The number of pyridine rings is 1. The molecule has 1 aromatic heterocycles. The minimum atomic E-state index is -2.40. The lowest BCUT2D eigenvalue weighted by molar-refractivity contribution is 0.0137. The van der Waals surface area contributed by atoms with Crippen LogP contribution in [0.4, 0.5) is 4.79 Å². The molecule has 0 aliphatic rings. The normalized spacial score (nSPS) is 13.2. The average molecular weight is 569 g/mol. The Balaban J connectivity index is 2.12. The van der Waals surface area contributed by atoms with Crippen molar-refractivity contribution in [3.8, 4) is 5.75 Å². The number of carbonyl (C=O) groups excluding carboxylic acids is 1. The van der Waals surface area contributed by atoms with Crippen molar-refractivity contribution in [1.82, 2.24) is 9.88 Å². The van der Waals surface area contributed by atoms with Crippen molar-refractivity contribution in [3.63, 3.8) is 0 Å². The van der Waals surface area contributed by atoms with Crippen LogP contribution in [0.5, 0.6) is 5.75 Å². The molecule has 0 bridgehead atoms. The second-order valence-electron chi connectivity index (χ2n) is 12.5. The fourth-order valence-electron chi connectivity index (χ4n) is 3.97. The number of hydrogen-bond acceptors (Lipinski definition) is 6. The minimum absolute atomic E-state index is 0.0648. The number of phenolic OH excluding ortho intramolecular Hbond substituents is 1. The highest BCUT2D eigenvalue weighted by molar-refractivity contribution is 6.74. The number of aromatic nitrogens is 1. The number of carboxylic acid groups (broad SMARTS) is 1. The van der Waals surface area contributed by atoms with E-state index in [9.17, 15) is 24.6 Å². The molecule has 40 heavy (non-hydrogen) atoms. The molecule has 10 heteroatoms. The van der Waals surface area contributed by atoms with Crippen LogP contribution in [0.3, 0.4) is 0 Å². The van der Waals surface area contributed by atoms with E-state index in [0.29, 0.717) is 16.5 Å². The number of hydrogen-bond donors (Lipinski definition) is 3. The fourth-order valence-corrected chi connectivity index (χ4v) is 5.24. The molecule has 0 aliphatic carbocycles. The van der Waals surface area contributed by atoms with Crippen molar-refractivity contribution in [1.29, 1.82) is 0 Å². The van der Waals surface area contributed by atoms with Crippen LogP contribution in [-0.4, -0.2) is 52.6 Å². The predicted octanol–water partition coefficient (Wildman–Crippen LogP) is 6.43. The van der Waals surface area contributed by atoms with E-state index in [2.05, 4.69) is 38.8 Å². The van der Waals surface area contributed by atoms with Gasteiger partial charge in [0.25, 0.3) is 0 Å². The Morgan fingerprint density at radius 2 is 1.60 bits per heavy atom. The zero-order chi connectivity index (χ0) is 30.0. The number of rotatable bonds is 8. The standard InChI is InChI=1S/C30H40N2O7Si/c1-29(2,3)38-28(37)32(17-19-9-11-20(12-10-19)27(35)36)18-24(39-40(7,8)30(4,5)6)21-13-15-23(33)26-22(21)14-16-25(34)31-26/h9-16,24,33H,17-18H2,1-8H3,(H,31,34)(H,35,36). The van der Waals surface area contributed by atoms with Gasteiger partial charge in [-0.25, -0.2) is 9.59 Å². The molecule has 0 aliphatic heterocycles. The smallest absolute Gasteiger partial charge is 0.410 e. The second kappa shape index (κ2) is 11.5. The van der Waals surface area contributed by atoms with Crippen LogP contribution in [0.2, 0.25) is 18.1 Å². The number of nitrogens with one attached hydrogen (secondary N) is 1. The zero-order valence-corrected chi connectivity index (χ0v) is 25.5. The molecule has 3 aromatic rings. The number of carbonyl (C=O) groups is 2.